The van der Waals surface area contributed by atoms with Crippen molar-refractivity contribution in [3.05, 3.63) is 11.4 Å². The van der Waals surface area contributed by atoms with Crippen LogP contribution in [0.3, 0.4) is 0 Å². The number of carbonyl (C=O) groups is 1. The van der Waals surface area contributed by atoms with Crippen molar-refractivity contribution in [3.63, 3.8) is 0 Å². The number of nitrogens with one attached hydrogen (secondary N) is 1. The predicted molar refractivity (Wildman–Crippen MR) is 76.8 cm³/mol. The number of rotatable bonds is 5. The van der Waals surface area contributed by atoms with Crippen LogP contribution in [0, 0.1) is 6.92 Å². The van der Waals surface area contributed by atoms with Crippen molar-refractivity contribution >= 4 is 17.5 Å². The average molecular weight is 265 g/mol. The van der Waals surface area contributed by atoms with E-state index in [1.807, 2.05) is 27.7 Å². The summed E-state index contributed by atoms with van der Waals surface area (Å²) >= 11 is 0. The van der Waals surface area contributed by atoms with Crippen molar-refractivity contribution in [2.45, 2.75) is 46.0 Å². The standard InChI is InChI=1S/C13H23N5O/c1-8-10(15)17-12(13(2,3)4)18-11(8)16-7-5-6-9(14)19/h5-7H2,1-4H3,(H2,14,19)(H3,15,16,17,18). The average Bonchev–Trinajstić information content (AvgIpc) is 2.27. The van der Waals surface area contributed by atoms with Gasteiger partial charge in [0.15, 0.2) is 0 Å². The Morgan fingerprint density at radius 3 is 2.47 bits per heavy atom. The maximum Gasteiger partial charge on any atom is 0.217 e. The number of anilines is 2. The molecule has 0 aromatic carbocycles. The van der Waals surface area contributed by atoms with Gasteiger partial charge < -0.3 is 16.8 Å². The summed E-state index contributed by atoms with van der Waals surface area (Å²) < 4.78 is 0. The minimum absolute atomic E-state index is 0.161. The molecule has 0 saturated carbocycles. The van der Waals surface area contributed by atoms with Crippen LogP contribution in [0.1, 0.15) is 45.0 Å². The lowest BCUT2D eigenvalue weighted by Crippen LogP contribution is -2.20. The number of amides is 1. The van der Waals surface area contributed by atoms with Gasteiger partial charge in [0.2, 0.25) is 5.91 Å². The summed E-state index contributed by atoms with van der Waals surface area (Å²) in [6, 6.07) is 0. The first-order valence-electron chi connectivity index (χ1n) is 6.38. The van der Waals surface area contributed by atoms with E-state index in [1.165, 1.54) is 0 Å². The molecule has 5 N–H and O–H groups in total. The number of aromatic nitrogens is 2. The highest BCUT2D eigenvalue weighted by Crippen LogP contribution is 2.24. The second kappa shape index (κ2) is 5.86. The molecule has 0 radical (unpaired) electrons. The Morgan fingerprint density at radius 2 is 1.95 bits per heavy atom. The highest BCUT2D eigenvalue weighted by molar-refractivity contribution is 5.73. The SMILES string of the molecule is Cc1c(N)nc(C(C)(C)C)nc1NCCCC(N)=O. The zero-order chi connectivity index (χ0) is 14.6. The largest absolute Gasteiger partial charge is 0.383 e. The van der Waals surface area contributed by atoms with Crippen molar-refractivity contribution in [3.8, 4) is 0 Å². The number of primary amides is 1. The maximum absolute atomic E-state index is 10.7. The Balaban J connectivity index is 2.82. The molecule has 1 aromatic heterocycles. The van der Waals surface area contributed by atoms with E-state index in [0.717, 1.165) is 11.4 Å². The summed E-state index contributed by atoms with van der Waals surface area (Å²) in [7, 11) is 0. The van der Waals surface area contributed by atoms with E-state index in [4.69, 9.17) is 11.5 Å². The van der Waals surface area contributed by atoms with Gasteiger partial charge in [-0.2, -0.15) is 0 Å². The highest BCUT2D eigenvalue weighted by Gasteiger charge is 2.20. The van der Waals surface area contributed by atoms with Gasteiger partial charge in [-0.25, -0.2) is 9.97 Å². The van der Waals surface area contributed by atoms with Gasteiger partial charge in [0, 0.05) is 23.9 Å². The molecule has 6 heteroatoms. The van der Waals surface area contributed by atoms with Gasteiger partial charge in [-0.3, -0.25) is 4.79 Å². The summed E-state index contributed by atoms with van der Waals surface area (Å²) in [6.45, 7) is 8.61. The van der Waals surface area contributed by atoms with Crippen LogP contribution >= 0.6 is 0 Å². The molecule has 0 bridgehead atoms. The monoisotopic (exact) mass is 265 g/mol. The number of hydrogen-bond acceptors (Lipinski definition) is 5. The molecule has 0 aliphatic carbocycles. The van der Waals surface area contributed by atoms with E-state index in [9.17, 15) is 4.79 Å². The molecule has 19 heavy (non-hydrogen) atoms. The zero-order valence-corrected chi connectivity index (χ0v) is 12.1. The first-order valence-corrected chi connectivity index (χ1v) is 6.38. The summed E-state index contributed by atoms with van der Waals surface area (Å²) in [6.07, 6.45) is 1.03. The molecule has 0 fully saturated rings. The molecule has 0 atom stereocenters. The van der Waals surface area contributed by atoms with E-state index in [1.54, 1.807) is 0 Å². The van der Waals surface area contributed by atoms with Crippen LogP contribution in [-0.2, 0) is 10.2 Å². The van der Waals surface area contributed by atoms with Gasteiger partial charge in [-0.1, -0.05) is 20.8 Å². The topological polar surface area (TPSA) is 107 Å². The van der Waals surface area contributed by atoms with Gasteiger partial charge in [0.1, 0.15) is 17.5 Å². The summed E-state index contributed by atoms with van der Waals surface area (Å²) in [5.41, 5.74) is 11.7. The fraction of sp³-hybridized carbons (Fsp3) is 0.615. The van der Waals surface area contributed by atoms with Crippen LogP contribution in [-0.4, -0.2) is 22.4 Å². The van der Waals surface area contributed by atoms with Crippen LogP contribution in [0.4, 0.5) is 11.6 Å². The number of carbonyl (C=O) groups excluding carboxylic acids is 1. The van der Waals surface area contributed by atoms with Gasteiger partial charge in [-0.15, -0.1) is 0 Å². The molecule has 1 rings (SSSR count). The van der Waals surface area contributed by atoms with Gasteiger partial charge in [0.05, 0.1) is 0 Å². The molecule has 6 nitrogen and oxygen atoms in total. The van der Waals surface area contributed by atoms with Crippen LogP contribution in [0.5, 0.6) is 0 Å². The Hall–Kier alpha value is -1.85. The zero-order valence-electron chi connectivity index (χ0n) is 12.1. The number of hydrogen-bond donors (Lipinski definition) is 3. The Morgan fingerprint density at radius 1 is 1.32 bits per heavy atom. The predicted octanol–water partition coefficient (Wildman–Crippen LogP) is 1.34. The van der Waals surface area contributed by atoms with E-state index in [0.29, 0.717) is 31.0 Å². The third kappa shape index (κ3) is 4.39. The highest BCUT2D eigenvalue weighted by atomic mass is 16.1. The molecule has 1 aromatic rings. The fourth-order valence-electron chi connectivity index (χ4n) is 1.51. The van der Waals surface area contributed by atoms with E-state index in [-0.39, 0.29) is 11.3 Å². The van der Waals surface area contributed by atoms with Crippen LogP contribution in [0.15, 0.2) is 0 Å². The second-order valence-corrected chi connectivity index (χ2v) is 5.65. The number of nitrogens with zero attached hydrogens (tertiary/aromatic N) is 2. The first-order chi connectivity index (χ1) is 8.71. The van der Waals surface area contributed by atoms with Crippen LogP contribution < -0.4 is 16.8 Å². The molecule has 1 amide bonds. The molecule has 0 aliphatic heterocycles. The van der Waals surface area contributed by atoms with Crippen LogP contribution in [0.2, 0.25) is 0 Å². The van der Waals surface area contributed by atoms with Crippen molar-refractivity contribution in [2.24, 2.45) is 5.73 Å². The maximum atomic E-state index is 10.7. The van der Waals surface area contributed by atoms with E-state index >= 15 is 0 Å². The first kappa shape index (κ1) is 15.2. The normalized spacial score (nSPS) is 11.4. The van der Waals surface area contributed by atoms with Crippen molar-refractivity contribution in [2.75, 3.05) is 17.6 Å². The fourth-order valence-corrected chi connectivity index (χ4v) is 1.51. The Labute approximate surface area is 114 Å². The lowest BCUT2D eigenvalue weighted by atomic mass is 9.95. The quantitative estimate of drug-likeness (QED) is 0.696. The van der Waals surface area contributed by atoms with Gasteiger partial charge >= 0.3 is 0 Å². The Bertz CT molecular complexity index is 465. The van der Waals surface area contributed by atoms with Crippen molar-refractivity contribution in [1.82, 2.24) is 9.97 Å². The van der Waals surface area contributed by atoms with E-state index in [2.05, 4.69) is 15.3 Å². The molecular weight excluding hydrogens is 242 g/mol. The minimum atomic E-state index is -0.295. The van der Waals surface area contributed by atoms with Gasteiger partial charge in [0.25, 0.3) is 0 Å². The number of nitrogen functional groups attached to an aromatic ring is 1. The third-order valence-electron chi connectivity index (χ3n) is 2.75. The molecule has 1 heterocycles. The molecule has 0 aliphatic rings. The summed E-state index contributed by atoms with van der Waals surface area (Å²) in [5.74, 6) is 1.61. The minimum Gasteiger partial charge on any atom is -0.383 e. The van der Waals surface area contributed by atoms with Crippen molar-refractivity contribution in [1.29, 1.82) is 0 Å². The summed E-state index contributed by atoms with van der Waals surface area (Å²) in [5, 5.41) is 3.18. The van der Waals surface area contributed by atoms with Crippen LogP contribution in [0.25, 0.3) is 0 Å². The summed E-state index contributed by atoms with van der Waals surface area (Å²) in [4.78, 5) is 19.5. The van der Waals surface area contributed by atoms with E-state index < -0.39 is 0 Å². The Kier molecular flexibility index (Phi) is 4.69. The molecule has 0 saturated heterocycles. The molecule has 0 spiro atoms. The lowest BCUT2D eigenvalue weighted by molar-refractivity contribution is -0.118. The lowest BCUT2D eigenvalue weighted by Gasteiger charge is -2.19. The third-order valence-corrected chi connectivity index (χ3v) is 2.75. The smallest absolute Gasteiger partial charge is 0.217 e. The van der Waals surface area contributed by atoms with Gasteiger partial charge in [-0.05, 0) is 13.3 Å². The second-order valence-electron chi connectivity index (χ2n) is 5.65. The molecule has 106 valence electrons. The molecular formula is C13H23N5O. The molecule has 0 unspecified atom stereocenters. The van der Waals surface area contributed by atoms with Crippen molar-refractivity contribution < 1.29 is 4.79 Å². The number of nitrogens with two attached hydrogens (primary N) is 2.